The van der Waals surface area contributed by atoms with Crippen molar-refractivity contribution in [2.75, 3.05) is 4.72 Å². The van der Waals surface area contributed by atoms with Gasteiger partial charge in [0.15, 0.2) is 5.82 Å². The smallest absolute Gasteiger partial charge is 0.238 e. The van der Waals surface area contributed by atoms with Crippen LogP contribution in [-0.2, 0) is 15.8 Å². The maximum Gasteiger partial charge on any atom is 0.238 e. The molecule has 2 N–H and O–H groups in total. The minimum Gasteiger partial charge on any atom is -0.280 e. The molecule has 0 aliphatic heterocycles. The Balaban J connectivity index is 2.04. The molecule has 0 saturated carbocycles. The zero-order valence-electron chi connectivity index (χ0n) is 12.3. The summed E-state index contributed by atoms with van der Waals surface area (Å²) in [5, 5.41) is 6.93. The second kappa shape index (κ2) is 6.76. The molecule has 21 heavy (non-hydrogen) atoms. The Hall–Kier alpha value is -1.82. The predicted octanol–water partition coefficient (Wildman–Crippen LogP) is 3.26. The Kier molecular flexibility index (Phi) is 5.01. The van der Waals surface area contributed by atoms with E-state index in [2.05, 4.69) is 28.8 Å². The number of sulfonamides is 1. The molecule has 0 spiro atoms. The van der Waals surface area contributed by atoms with Gasteiger partial charge in [-0.05, 0) is 17.9 Å². The lowest BCUT2D eigenvalue weighted by atomic mass is 10.0. The van der Waals surface area contributed by atoms with Crippen LogP contribution in [0.25, 0.3) is 0 Å². The molecule has 0 saturated heterocycles. The number of aromatic nitrogens is 2. The molecule has 0 amide bonds. The first kappa shape index (κ1) is 15.6. The lowest BCUT2D eigenvalue weighted by Gasteiger charge is -2.06. The molecule has 0 radical (unpaired) electrons. The highest BCUT2D eigenvalue weighted by Gasteiger charge is 2.15. The largest absolute Gasteiger partial charge is 0.280 e. The fourth-order valence-corrected chi connectivity index (χ4v) is 3.35. The van der Waals surface area contributed by atoms with Crippen LogP contribution < -0.4 is 4.72 Å². The van der Waals surface area contributed by atoms with Crippen LogP contribution in [0.3, 0.4) is 0 Å². The van der Waals surface area contributed by atoms with Crippen molar-refractivity contribution in [3.8, 4) is 0 Å². The first-order valence-electron chi connectivity index (χ1n) is 7.10. The molecule has 2 aromatic rings. The van der Waals surface area contributed by atoms with E-state index in [9.17, 15) is 8.42 Å². The summed E-state index contributed by atoms with van der Waals surface area (Å²) in [7, 11) is -3.44. The average Bonchev–Trinajstić information content (AvgIpc) is 2.87. The van der Waals surface area contributed by atoms with Crippen molar-refractivity contribution >= 4 is 15.8 Å². The van der Waals surface area contributed by atoms with Crippen molar-refractivity contribution in [3.05, 3.63) is 47.7 Å². The number of H-pyrrole nitrogens is 1. The van der Waals surface area contributed by atoms with E-state index in [-0.39, 0.29) is 5.75 Å². The Morgan fingerprint density at radius 2 is 2.00 bits per heavy atom. The van der Waals surface area contributed by atoms with E-state index in [1.54, 1.807) is 18.2 Å². The second-order valence-electron chi connectivity index (χ2n) is 5.24. The van der Waals surface area contributed by atoms with E-state index in [1.807, 2.05) is 18.2 Å². The van der Waals surface area contributed by atoms with E-state index in [4.69, 9.17) is 0 Å². The first-order chi connectivity index (χ1) is 10.00. The van der Waals surface area contributed by atoms with Gasteiger partial charge >= 0.3 is 0 Å². The van der Waals surface area contributed by atoms with Crippen molar-refractivity contribution in [2.45, 2.75) is 38.4 Å². The number of nitrogens with one attached hydrogen (secondary N) is 2. The summed E-state index contributed by atoms with van der Waals surface area (Å²) < 4.78 is 26.7. The third kappa shape index (κ3) is 4.60. The molecule has 1 aromatic heterocycles. The van der Waals surface area contributed by atoms with Crippen LogP contribution in [0.15, 0.2) is 36.4 Å². The van der Waals surface area contributed by atoms with Gasteiger partial charge in [-0.1, -0.05) is 50.6 Å². The number of hydrogen-bond donors (Lipinski definition) is 2. The summed E-state index contributed by atoms with van der Waals surface area (Å²) in [6, 6.07) is 10.9. The highest BCUT2D eigenvalue weighted by Crippen LogP contribution is 2.21. The van der Waals surface area contributed by atoms with Crippen molar-refractivity contribution in [1.82, 2.24) is 10.2 Å². The van der Waals surface area contributed by atoms with Gasteiger partial charge in [-0.15, -0.1) is 0 Å². The molecule has 0 aliphatic rings. The molecule has 114 valence electrons. The van der Waals surface area contributed by atoms with Gasteiger partial charge in [0.2, 0.25) is 10.0 Å². The second-order valence-corrected chi connectivity index (χ2v) is 6.97. The number of rotatable bonds is 7. The fraction of sp³-hybridized carbons (Fsp3) is 0.400. The van der Waals surface area contributed by atoms with Gasteiger partial charge in [0, 0.05) is 11.8 Å². The average molecular weight is 307 g/mol. The Morgan fingerprint density at radius 3 is 2.67 bits per heavy atom. The number of aromatic amines is 1. The van der Waals surface area contributed by atoms with Crippen LogP contribution >= 0.6 is 0 Å². The third-order valence-electron chi connectivity index (χ3n) is 3.31. The molecular formula is C15H21N3O2S. The van der Waals surface area contributed by atoms with Crippen LogP contribution in [0.5, 0.6) is 0 Å². The quantitative estimate of drug-likeness (QED) is 0.824. The highest BCUT2D eigenvalue weighted by atomic mass is 32.2. The molecule has 1 unspecified atom stereocenters. The van der Waals surface area contributed by atoms with Crippen molar-refractivity contribution in [2.24, 2.45) is 0 Å². The molecule has 0 aliphatic carbocycles. The number of anilines is 1. The van der Waals surface area contributed by atoms with Gasteiger partial charge in [0.1, 0.15) is 0 Å². The Labute approximate surface area is 125 Å². The molecule has 2 rings (SSSR count). The maximum absolute atomic E-state index is 12.1. The molecule has 1 aromatic carbocycles. The van der Waals surface area contributed by atoms with E-state index in [0.717, 1.165) is 24.1 Å². The summed E-state index contributed by atoms with van der Waals surface area (Å²) in [5.41, 5.74) is 1.70. The SMILES string of the molecule is CCCC(C)c1cc(NS(=O)(=O)Cc2ccccc2)n[nH]1. The number of hydrogen-bond acceptors (Lipinski definition) is 3. The van der Waals surface area contributed by atoms with Crippen LogP contribution in [-0.4, -0.2) is 18.6 Å². The zero-order chi connectivity index (χ0) is 15.3. The Bertz CT molecular complexity index is 665. The van der Waals surface area contributed by atoms with Crippen LogP contribution in [0.1, 0.15) is 43.9 Å². The maximum atomic E-state index is 12.1. The van der Waals surface area contributed by atoms with E-state index >= 15 is 0 Å². The van der Waals surface area contributed by atoms with Crippen LogP contribution in [0.4, 0.5) is 5.82 Å². The van der Waals surface area contributed by atoms with Gasteiger partial charge in [-0.2, -0.15) is 5.10 Å². The van der Waals surface area contributed by atoms with Crippen molar-refractivity contribution in [3.63, 3.8) is 0 Å². The third-order valence-corrected chi connectivity index (χ3v) is 4.54. The monoisotopic (exact) mass is 307 g/mol. The molecule has 0 bridgehead atoms. The van der Waals surface area contributed by atoms with E-state index in [1.165, 1.54) is 0 Å². The van der Waals surface area contributed by atoms with Gasteiger partial charge in [-0.3, -0.25) is 9.82 Å². The molecule has 6 heteroatoms. The normalized spacial score (nSPS) is 13.0. The number of benzene rings is 1. The van der Waals surface area contributed by atoms with Crippen LogP contribution in [0.2, 0.25) is 0 Å². The van der Waals surface area contributed by atoms with Crippen LogP contribution in [0, 0.1) is 0 Å². The summed E-state index contributed by atoms with van der Waals surface area (Å²) in [6.45, 7) is 4.22. The minimum atomic E-state index is -3.44. The van der Waals surface area contributed by atoms with Gasteiger partial charge in [0.05, 0.1) is 5.75 Å². The zero-order valence-corrected chi connectivity index (χ0v) is 13.2. The Morgan fingerprint density at radius 1 is 1.29 bits per heavy atom. The first-order valence-corrected chi connectivity index (χ1v) is 8.75. The van der Waals surface area contributed by atoms with Gasteiger partial charge in [0.25, 0.3) is 0 Å². The standard InChI is InChI=1S/C15H21N3O2S/c1-3-7-12(2)14-10-15(17-16-14)18-21(19,20)11-13-8-5-4-6-9-13/h4-6,8-10,12H,3,7,11H2,1-2H3,(H2,16,17,18). The van der Waals surface area contributed by atoms with Gasteiger partial charge < -0.3 is 0 Å². The topological polar surface area (TPSA) is 74.8 Å². The fourth-order valence-electron chi connectivity index (χ4n) is 2.22. The van der Waals surface area contributed by atoms with E-state index in [0.29, 0.717) is 11.7 Å². The predicted molar refractivity (Wildman–Crippen MR) is 84.6 cm³/mol. The molecular weight excluding hydrogens is 286 g/mol. The van der Waals surface area contributed by atoms with E-state index < -0.39 is 10.0 Å². The van der Waals surface area contributed by atoms with Gasteiger partial charge in [-0.25, -0.2) is 8.42 Å². The molecule has 5 nitrogen and oxygen atoms in total. The molecule has 1 atom stereocenters. The lowest BCUT2D eigenvalue weighted by Crippen LogP contribution is -2.15. The summed E-state index contributed by atoms with van der Waals surface area (Å²) in [5.74, 6) is 0.638. The summed E-state index contributed by atoms with van der Waals surface area (Å²) in [6.07, 6.45) is 2.12. The minimum absolute atomic E-state index is 0.0550. The lowest BCUT2D eigenvalue weighted by molar-refractivity contribution is 0.600. The highest BCUT2D eigenvalue weighted by molar-refractivity contribution is 7.91. The summed E-state index contributed by atoms with van der Waals surface area (Å²) >= 11 is 0. The molecule has 1 heterocycles. The molecule has 0 fully saturated rings. The van der Waals surface area contributed by atoms with Crippen molar-refractivity contribution in [1.29, 1.82) is 0 Å². The summed E-state index contributed by atoms with van der Waals surface area (Å²) in [4.78, 5) is 0. The van der Waals surface area contributed by atoms with Crippen molar-refractivity contribution < 1.29 is 8.42 Å². The number of nitrogens with zero attached hydrogens (tertiary/aromatic N) is 1.